The van der Waals surface area contributed by atoms with E-state index in [9.17, 15) is 4.79 Å². The zero-order chi connectivity index (χ0) is 14.3. The van der Waals surface area contributed by atoms with Crippen molar-refractivity contribution >= 4 is 5.91 Å². The average molecular weight is 278 g/mol. The Morgan fingerprint density at radius 2 is 2.25 bits per heavy atom. The molecule has 0 N–H and O–H groups in total. The summed E-state index contributed by atoms with van der Waals surface area (Å²) < 4.78 is 5.30. The second-order valence-electron chi connectivity index (χ2n) is 6.13. The predicted octanol–water partition coefficient (Wildman–Crippen LogP) is 1.39. The van der Waals surface area contributed by atoms with Crippen LogP contribution in [0.15, 0.2) is 4.52 Å². The van der Waals surface area contributed by atoms with Crippen LogP contribution in [0, 0.1) is 0 Å². The van der Waals surface area contributed by atoms with Crippen LogP contribution in [0.5, 0.6) is 0 Å². The Morgan fingerprint density at radius 1 is 1.45 bits per heavy atom. The highest BCUT2D eigenvalue weighted by Gasteiger charge is 2.40. The van der Waals surface area contributed by atoms with Gasteiger partial charge in [-0.05, 0) is 19.8 Å². The molecule has 1 aromatic rings. The minimum atomic E-state index is -0.0984. The molecule has 2 aliphatic heterocycles. The van der Waals surface area contributed by atoms with Gasteiger partial charge in [-0.2, -0.15) is 4.98 Å². The van der Waals surface area contributed by atoms with Crippen LogP contribution in [0.1, 0.15) is 51.2 Å². The summed E-state index contributed by atoms with van der Waals surface area (Å²) in [6, 6.07) is 0.268. The first-order valence-electron chi connectivity index (χ1n) is 7.43. The van der Waals surface area contributed by atoms with Crippen LogP contribution in [-0.2, 0) is 11.3 Å². The fraction of sp³-hybridized carbons (Fsp3) is 0.786. The first-order chi connectivity index (χ1) is 9.56. The van der Waals surface area contributed by atoms with Crippen LogP contribution in [0.4, 0.5) is 0 Å². The minimum Gasteiger partial charge on any atom is -0.338 e. The van der Waals surface area contributed by atoms with Gasteiger partial charge in [0, 0.05) is 25.0 Å². The molecule has 2 aliphatic rings. The third-order valence-electron chi connectivity index (χ3n) is 4.35. The number of hydrogen-bond donors (Lipinski definition) is 0. The first-order valence-corrected chi connectivity index (χ1v) is 7.43. The molecule has 2 atom stereocenters. The van der Waals surface area contributed by atoms with E-state index in [1.54, 1.807) is 0 Å². The SMILES string of the molecule is CC(C)c1noc(CN2C[C@@H]3CCCN3C(=O)[C@H]2C)n1. The normalized spacial score (nSPS) is 27.4. The van der Waals surface area contributed by atoms with Crippen LogP contribution in [-0.4, -0.2) is 51.0 Å². The van der Waals surface area contributed by atoms with Gasteiger partial charge < -0.3 is 9.42 Å². The highest BCUT2D eigenvalue weighted by molar-refractivity contribution is 5.82. The Balaban J connectivity index is 1.71. The molecule has 0 saturated carbocycles. The van der Waals surface area contributed by atoms with E-state index in [0.29, 0.717) is 18.5 Å². The number of aromatic nitrogens is 2. The van der Waals surface area contributed by atoms with Crippen molar-refractivity contribution in [2.24, 2.45) is 0 Å². The monoisotopic (exact) mass is 278 g/mol. The lowest BCUT2D eigenvalue weighted by Crippen LogP contribution is -2.58. The molecular formula is C14H22N4O2. The highest BCUT2D eigenvalue weighted by Crippen LogP contribution is 2.26. The fourth-order valence-corrected chi connectivity index (χ4v) is 3.08. The third kappa shape index (κ3) is 2.32. The fourth-order valence-electron chi connectivity index (χ4n) is 3.08. The van der Waals surface area contributed by atoms with Gasteiger partial charge in [0.25, 0.3) is 0 Å². The molecule has 3 rings (SSSR count). The van der Waals surface area contributed by atoms with Gasteiger partial charge in [-0.25, -0.2) is 0 Å². The largest absolute Gasteiger partial charge is 0.338 e. The lowest BCUT2D eigenvalue weighted by Gasteiger charge is -2.40. The standard InChI is InChI=1S/C14H22N4O2/c1-9(2)13-15-12(20-16-13)8-17-7-11-5-4-6-18(11)14(19)10(17)3/h9-11H,4-8H2,1-3H3/t10-,11+/m1/s1. The summed E-state index contributed by atoms with van der Waals surface area (Å²) in [6.45, 7) is 8.44. The smallest absolute Gasteiger partial charge is 0.240 e. The summed E-state index contributed by atoms with van der Waals surface area (Å²) in [5.41, 5.74) is 0. The molecule has 0 radical (unpaired) electrons. The lowest BCUT2D eigenvalue weighted by atomic mass is 10.1. The molecule has 0 aliphatic carbocycles. The molecule has 110 valence electrons. The number of carbonyl (C=O) groups excluding carboxylic acids is 1. The maximum atomic E-state index is 12.3. The van der Waals surface area contributed by atoms with Crippen molar-refractivity contribution in [3.05, 3.63) is 11.7 Å². The van der Waals surface area contributed by atoms with E-state index in [-0.39, 0.29) is 17.9 Å². The van der Waals surface area contributed by atoms with Crippen LogP contribution >= 0.6 is 0 Å². The summed E-state index contributed by atoms with van der Waals surface area (Å²) in [4.78, 5) is 20.9. The molecule has 0 unspecified atom stereocenters. The molecule has 2 fully saturated rings. The second kappa shape index (κ2) is 5.16. The zero-order valence-corrected chi connectivity index (χ0v) is 12.4. The molecule has 3 heterocycles. The summed E-state index contributed by atoms with van der Waals surface area (Å²) >= 11 is 0. The van der Waals surface area contributed by atoms with E-state index in [2.05, 4.69) is 15.0 Å². The van der Waals surface area contributed by atoms with E-state index < -0.39 is 0 Å². The number of carbonyl (C=O) groups is 1. The van der Waals surface area contributed by atoms with Gasteiger partial charge in [0.2, 0.25) is 11.8 Å². The summed E-state index contributed by atoms with van der Waals surface area (Å²) in [6.07, 6.45) is 2.23. The molecule has 1 amide bonds. The van der Waals surface area contributed by atoms with Crippen LogP contribution < -0.4 is 0 Å². The number of hydrogen-bond acceptors (Lipinski definition) is 5. The van der Waals surface area contributed by atoms with Crippen molar-refractivity contribution in [2.45, 2.75) is 58.2 Å². The molecule has 0 aromatic carbocycles. The van der Waals surface area contributed by atoms with Gasteiger partial charge in [-0.15, -0.1) is 0 Å². The quantitative estimate of drug-likeness (QED) is 0.836. The Bertz CT molecular complexity index is 499. The van der Waals surface area contributed by atoms with Crippen molar-refractivity contribution in [3.63, 3.8) is 0 Å². The number of amides is 1. The maximum Gasteiger partial charge on any atom is 0.240 e. The Labute approximate surface area is 119 Å². The van der Waals surface area contributed by atoms with Gasteiger partial charge >= 0.3 is 0 Å². The molecule has 6 nitrogen and oxygen atoms in total. The number of piperazine rings is 1. The third-order valence-corrected chi connectivity index (χ3v) is 4.35. The summed E-state index contributed by atoms with van der Waals surface area (Å²) in [7, 11) is 0. The van der Waals surface area contributed by atoms with Crippen molar-refractivity contribution in [1.82, 2.24) is 19.9 Å². The molecule has 0 spiro atoms. The average Bonchev–Trinajstić information content (AvgIpc) is 3.04. The van der Waals surface area contributed by atoms with E-state index in [0.717, 1.165) is 31.8 Å². The van der Waals surface area contributed by atoms with Gasteiger partial charge in [-0.1, -0.05) is 19.0 Å². The zero-order valence-electron chi connectivity index (χ0n) is 12.4. The number of fused-ring (bicyclic) bond motifs is 1. The second-order valence-corrected chi connectivity index (χ2v) is 6.13. The Kier molecular flexibility index (Phi) is 3.50. The van der Waals surface area contributed by atoms with Gasteiger partial charge in [0.15, 0.2) is 5.82 Å². The van der Waals surface area contributed by atoms with E-state index in [4.69, 9.17) is 4.52 Å². The molecule has 20 heavy (non-hydrogen) atoms. The summed E-state index contributed by atoms with van der Waals surface area (Å²) in [5.74, 6) is 1.85. The van der Waals surface area contributed by atoms with Crippen LogP contribution in [0.2, 0.25) is 0 Å². The summed E-state index contributed by atoms with van der Waals surface area (Å²) in [5, 5.41) is 3.98. The van der Waals surface area contributed by atoms with Crippen molar-refractivity contribution in [3.8, 4) is 0 Å². The van der Waals surface area contributed by atoms with Crippen molar-refractivity contribution in [2.75, 3.05) is 13.1 Å². The predicted molar refractivity (Wildman–Crippen MR) is 73.0 cm³/mol. The Morgan fingerprint density at radius 3 is 2.95 bits per heavy atom. The van der Waals surface area contributed by atoms with Crippen LogP contribution in [0.25, 0.3) is 0 Å². The van der Waals surface area contributed by atoms with Gasteiger partial charge in [0.1, 0.15) is 0 Å². The van der Waals surface area contributed by atoms with E-state index in [1.807, 2.05) is 25.7 Å². The number of rotatable bonds is 3. The molecular weight excluding hydrogens is 256 g/mol. The van der Waals surface area contributed by atoms with E-state index in [1.165, 1.54) is 0 Å². The highest BCUT2D eigenvalue weighted by atomic mass is 16.5. The van der Waals surface area contributed by atoms with Gasteiger partial charge in [0.05, 0.1) is 12.6 Å². The lowest BCUT2D eigenvalue weighted by molar-refractivity contribution is -0.143. The molecule has 0 bridgehead atoms. The number of nitrogens with zero attached hydrogens (tertiary/aromatic N) is 4. The first kappa shape index (κ1) is 13.5. The van der Waals surface area contributed by atoms with Crippen molar-refractivity contribution < 1.29 is 9.32 Å². The van der Waals surface area contributed by atoms with Gasteiger partial charge in [-0.3, -0.25) is 9.69 Å². The maximum absolute atomic E-state index is 12.3. The molecule has 1 aromatic heterocycles. The Hall–Kier alpha value is -1.43. The van der Waals surface area contributed by atoms with E-state index >= 15 is 0 Å². The molecule has 2 saturated heterocycles. The minimum absolute atomic E-state index is 0.0984. The van der Waals surface area contributed by atoms with Crippen LogP contribution in [0.3, 0.4) is 0 Å². The molecule has 6 heteroatoms. The topological polar surface area (TPSA) is 62.5 Å². The van der Waals surface area contributed by atoms with Crippen molar-refractivity contribution in [1.29, 1.82) is 0 Å².